The van der Waals surface area contributed by atoms with Gasteiger partial charge in [0.05, 0.1) is 15.7 Å². The van der Waals surface area contributed by atoms with E-state index >= 15 is 0 Å². The van der Waals surface area contributed by atoms with Gasteiger partial charge in [-0.15, -0.1) is 0 Å². The zero-order chi connectivity index (χ0) is 22.4. The molecular formula is C23H27Cl2N3O3. The van der Waals surface area contributed by atoms with Crippen LogP contribution in [0.4, 0.5) is 5.69 Å². The van der Waals surface area contributed by atoms with Crippen molar-refractivity contribution in [3.05, 3.63) is 58.1 Å². The van der Waals surface area contributed by atoms with Crippen molar-refractivity contribution in [3.8, 4) is 5.75 Å². The summed E-state index contributed by atoms with van der Waals surface area (Å²) in [5.41, 5.74) is 1.62. The first-order chi connectivity index (χ1) is 14.8. The van der Waals surface area contributed by atoms with Crippen molar-refractivity contribution in [2.75, 3.05) is 45.2 Å². The summed E-state index contributed by atoms with van der Waals surface area (Å²) in [6.07, 6.45) is 1.07. The molecule has 0 aromatic heterocycles. The van der Waals surface area contributed by atoms with Gasteiger partial charge in [-0.05, 0) is 56.9 Å². The Balaban J connectivity index is 1.68. The van der Waals surface area contributed by atoms with Crippen LogP contribution in [0.3, 0.4) is 0 Å². The summed E-state index contributed by atoms with van der Waals surface area (Å²) in [6.45, 7) is 2.23. The monoisotopic (exact) mass is 463 g/mol. The van der Waals surface area contributed by atoms with E-state index in [1.807, 2.05) is 49.3 Å². The lowest BCUT2D eigenvalue weighted by Gasteiger charge is -2.30. The highest BCUT2D eigenvalue weighted by atomic mass is 35.5. The molecule has 0 saturated carbocycles. The topological polar surface area (TPSA) is 53.1 Å². The summed E-state index contributed by atoms with van der Waals surface area (Å²) in [7, 11) is 4.01. The minimum Gasteiger partial charge on any atom is -0.482 e. The first kappa shape index (κ1) is 23.4. The van der Waals surface area contributed by atoms with Crippen LogP contribution in [0.2, 0.25) is 10.0 Å². The maximum Gasteiger partial charge on any atom is 0.265 e. The van der Waals surface area contributed by atoms with Crippen molar-refractivity contribution in [3.63, 3.8) is 0 Å². The van der Waals surface area contributed by atoms with Gasteiger partial charge < -0.3 is 19.4 Å². The highest BCUT2D eigenvalue weighted by Crippen LogP contribution is 2.31. The van der Waals surface area contributed by atoms with E-state index in [0.29, 0.717) is 41.1 Å². The smallest absolute Gasteiger partial charge is 0.265 e. The van der Waals surface area contributed by atoms with Crippen LogP contribution in [0.15, 0.2) is 42.5 Å². The molecule has 1 heterocycles. The molecule has 2 amide bonds. The number of carbonyl (C=O) groups is 2. The molecule has 0 fully saturated rings. The van der Waals surface area contributed by atoms with E-state index < -0.39 is 0 Å². The second-order valence-electron chi connectivity index (χ2n) is 7.77. The van der Waals surface area contributed by atoms with Crippen LogP contribution < -0.4 is 9.64 Å². The van der Waals surface area contributed by atoms with Gasteiger partial charge >= 0.3 is 0 Å². The van der Waals surface area contributed by atoms with Gasteiger partial charge in [-0.2, -0.15) is 0 Å². The predicted molar refractivity (Wildman–Crippen MR) is 124 cm³/mol. The number of halogens is 2. The molecule has 0 spiro atoms. The number of anilines is 1. The third-order valence-corrected chi connectivity index (χ3v) is 5.84. The molecule has 0 aliphatic carbocycles. The third kappa shape index (κ3) is 6.35. The molecule has 0 unspecified atom stereocenters. The summed E-state index contributed by atoms with van der Waals surface area (Å²) in [6, 6.07) is 12.8. The molecule has 0 radical (unpaired) electrons. The number of carbonyl (C=O) groups excluding carboxylic acids is 2. The zero-order valence-corrected chi connectivity index (χ0v) is 19.3. The molecule has 8 heteroatoms. The van der Waals surface area contributed by atoms with E-state index in [1.165, 1.54) is 0 Å². The molecule has 31 heavy (non-hydrogen) atoms. The Kier molecular flexibility index (Phi) is 8.18. The predicted octanol–water partition coefficient (Wildman–Crippen LogP) is 4.09. The van der Waals surface area contributed by atoms with Crippen molar-refractivity contribution in [1.29, 1.82) is 0 Å². The second kappa shape index (κ2) is 10.8. The number of benzene rings is 2. The van der Waals surface area contributed by atoms with Gasteiger partial charge in [0.15, 0.2) is 6.61 Å². The molecule has 0 N–H and O–H groups in total. The Hall–Kier alpha value is -2.28. The van der Waals surface area contributed by atoms with E-state index in [1.54, 1.807) is 17.0 Å². The van der Waals surface area contributed by atoms with Crippen LogP contribution >= 0.6 is 23.2 Å². The zero-order valence-electron chi connectivity index (χ0n) is 17.8. The van der Waals surface area contributed by atoms with Gasteiger partial charge in [-0.3, -0.25) is 9.59 Å². The number of fused-ring (bicyclic) bond motifs is 1. The fourth-order valence-corrected chi connectivity index (χ4v) is 3.81. The first-order valence-corrected chi connectivity index (χ1v) is 11.0. The number of para-hydroxylation sites is 2. The standard InChI is InChI=1S/C23H27Cl2N3O3/c1-26(2)11-5-12-27(15-17-8-9-18(24)19(25)14-17)22(29)10-13-28-20-6-3-4-7-21(20)31-16-23(28)30/h3-4,6-9,14H,5,10-13,15-16H2,1-2H3. The van der Waals surface area contributed by atoms with Gasteiger partial charge in [0.25, 0.3) is 5.91 Å². The SMILES string of the molecule is CN(C)CCCN(Cc1ccc(Cl)c(Cl)c1)C(=O)CCN1C(=O)COc2ccccc21. The van der Waals surface area contributed by atoms with E-state index in [-0.39, 0.29) is 24.8 Å². The van der Waals surface area contributed by atoms with E-state index in [9.17, 15) is 9.59 Å². The van der Waals surface area contributed by atoms with Gasteiger partial charge in [0.1, 0.15) is 5.75 Å². The van der Waals surface area contributed by atoms with Crippen molar-refractivity contribution in [2.24, 2.45) is 0 Å². The Morgan fingerprint density at radius 2 is 1.87 bits per heavy atom. The lowest BCUT2D eigenvalue weighted by Crippen LogP contribution is -2.42. The molecule has 6 nitrogen and oxygen atoms in total. The van der Waals surface area contributed by atoms with Crippen molar-refractivity contribution < 1.29 is 14.3 Å². The molecule has 166 valence electrons. The fourth-order valence-electron chi connectivity index (χ4n) is 3.49. The fraction of sp³-hybridized carbons (Fsp3) is 0.391. The minimum atomic E-state index is -0.143. The Morgan fingerprint density at radius 3 is 2.61 bits per heavy atom. The molecule has 0 saturated heterocycles. The molecule has 0 bridgehead atoms. The van der Waals surface area contributed by atoms with Crippen molar-refractivity contribution >= 4 is 40.7 Å². The van der Waals surface area contributed by atoms with Crippen LogP contribution in [-0.2, 0) is 16.1 Å². The molecular weight excluding hydrogens is 437 g/mol. The van der Waals surface area contributed by atoms with Crippen LogP contribution in [0.25, 0.3) is 0 Å². The average molecular weight is 464 g/mol. The lowest BCUT2D eigenvalue weighted by molar-refractivity contribution is -0.131. The third-order valence-electron chi connectivity index (χ3n) is 5.10. The highest BCUT2D eigenvalue weighted by Gasteiger charge is 2.26. The van der Waals surface area contributed by atoms with Crippen LogP contribution in [-0.4, -0.2) is 62.0 Å². The molecule has 2 aromatic carbocycles. The lowest BCUT2D eigenvalue weighted by atomic mass is 10.2. The maximum atomic E-state index is 13.1. The molecule has 1 aliphatic heterocycles. The van der Waals surface area contributed by atoms with Gasteiger partial charge in [0, 0.05) is 26.1 Å². The largest absolute Gasteiger partial charge is 0.482 e. The average Bonchev–Trinajstić information content (AvgIpc) is 2.74. The number of amides is 2. The number of ether oxygens (including phenoxy) is 1. The summed E-state index contributed by atoms with van der Waals surface area (Å²) >= 11 is 12.2. The van der Waals surface area contributed by atoms with Crippen LogP contribution in [0.1, 0.15) is 18.4 Å². The van der Waals surface area contributed by atoms with Crippen LogP contribution in [0, 0.1) is 0 Å². The summed E-state index contributed by atoms with van der Waals surface area (Å²) < 4.78 is 5.48. The van der Waals surface area contributed by atoms with Crippen molar-refractivity contribution in [1.82, 2.24) is 9.80 Å². The number of rotatable bonds is 9. The summed E-state index contributed by atoms with van der Waals surface area (Å²) in [5, 5.41) is 0.954. The van der Waals surface area contributed by atoms with E-state index in [0.717, 1.165) is 18.5 Å². The van der Waals surface area contributed by atoms with Crippen LogP contribution in [0.5, 0.6) is 5.75 Å². The maximum absolute atomic E-state index is 13.1. The van der Waals surface area contributed by atoms with Gasteiger partial charge in [-0.25, -0.2) is 0 Å². The van der Waals surface area contributed by atoms with Crippen molar-refractivity contribution in [2.45, 2.75) is 19.4 Å². The summed E-state index contributed by atoms with van der Waals surface area (Å²) in [4.78, 5) is 31.1. The highest BCUT2D eigenvalue weighted by molar-refractivity contribution is 6.42. The van der Waals surface area contributed by atoms with E-state index in [2.05, 4.69) is 4.90 Å². The molecule has 3 rings (SSSR count). The van der Waals surface area contributed by atoms with Gasteiger partial charge in [-0.1, -0.05) is 41.4 Å². The Morgan fingerprint density at radius 1 is 1.10 bits per heavy atom. The second-order valence-corrected chi connectivity index (χ2v) is 8.59. The number of hydrogen-bond donors (Lipinski definition) is 0. The van der Waals surface area contributed by atoms with E-state index in [4.69, 9.17) is 27.9 Å². The normalized spacial score (nSPS) is 13.2. The molecule has 1 aliphatic rings. The Labute approximate surface area is 193 Å². The van der Waals surface area contributed by atoms with Gasteiger partial charge in [0.2, 0.25) is 5.91 Å². The molecule has 0 atom stereocenters. The first-order valence-electron chi connectivity index (χ1n) is 10.2. The number of nitrogens with zero attached hydrogens (tertiary/aromatic N) is 3. The summed E-state index contributed by atoms with van der Waals surface area (Å²) in [5.74, 6) is 0.505. The number of hydrogen-bond acceptors (Lipinski definition) is 4. The molecule has 2 aromatic rings. The Bertz CT molecular complexity index is 936. The minimum absolute atomic E-state index is 0.0124. The quantitative estimate of drug-likeness (QED) is 0.561.